The number of benzene rings is 1. The van der Waals surface area contributed by atoms with Crippen LogP contribution in [0.2, 0.25) is 0 Å². The van der Waals surface area contributed by atoms with Crippen molar-refractivity contribution in [3.05, 3.63) is 35.6 Å². The summed E-state index contributed by atoms with van der Waals surface area (Å²) in [4.78, 5) is 27.7. The number of unbranched alkanes of at least 4 members (excludes halogenated alkanes) is 1. The lowest BCUT2D eigenvalue weighted by Crippen LogP contribution is -2.44. The van der Waals surface area contributed by atoms with Gasteiger partial charge in [-0.3, -0.25) is 4.79 Å². The molecule has 0 fully saturated rings. The fraction of sp³-hybridized carbons (Fsp3) is 0.438. The highest BCUT2D eigenvalue weighted by Crippen LogP contribution is 2.29. The predicted octanol–water partition coefficient (Wildman–Crippen LogP) is 3.01. The molecule has 0 radical (unpaired) electrons. The zero-order valence-corrected chi connectivity index (χ0v) is 12.6. The number of nitrogens with one attached hydrogen (secondary N) is 1. The number of carbonyl (C=O) groups excluding carboxylic acids is 2. The molecule has 2 atom stereocenters. The molecule has 22 heavy (non-hydrogen) atoms. The van der Waals surface area contributed by atoms with Crippen LogP contribution in [0.3, 0.4) is 0 Å². The molecule has 118 valence electrons. The van der Waals surface area contributed by atoms with E-state index in [4.69, 9.17) is 4.74 Å². The number of nitrogens with zero attached hydrogens (tertiary/aromatic N) is 1. The highest BCUT2D eigenvalue weighted by Gasteiger charge is 2.39. The van der Waals surface area contributed by atoms with Gasteiger partial charge in [-0.25, -0.2) is 14.2 Å². The summed E-state index contributed by atoms with van der Waals surface area (Å²) in [6.45, 7) is 3.87. The van der Waals surface area contributed by atoms with E-state index in [0.717, 1.165) is 12.8 Å². The zero-order valence-electron chi connectivity index (χ0n) is 12.6. The third kappa shape index (κ3) is 3.50. The van der Waals surface area contributed by atoms with E-state index in [-0.39, 0.29) is 5.56 Å². The normalized spacial score (nSPS) is 21.0. The first kappa shape index (κ1) is 16.1. The van der Waals surface area contributed by atoms with Crippen molar-refractivity contribution in [2.24, 2.45) is 10.9 Å². The minimum atomic E-state index is -0.813. The number of aliphatic imine (C=N–C) groups is 1. The van der Waals surface area contributed by atoms with Crippen molar-refractivity contribution in [1.29, 1.82) is 0 Å². The molecule has 1 heterocycles. The van der Waals surface area contributed by atoms with Gasteiger partial charge in [-0.2, -0.15) is 0 Å². The third-order valence-corrected chi connectivity index (χ3v) is 3.58. The average Bonchev–Trinajstić information content (AvgIpc) is 2.47. The van der Waals surface area contributed by atoms with Gasteiger partial charge in [0.2, 0.25) is 0 Å². The number of hydrogen-bond acceptors (Lipinski definition) is 3. The second-order valence-corrected chi connectivity index (χ2v) is 5.20. The molecule has 1 aromatic rings. The Morgan fingerprint density at radius 3 is 2.82 bits per heavy atom. The van der Waals surface area contributed by atoms with Gasteiger partial charge in [-0.05, 0) is 19.4 Å². The first-order chi connectivity index (χ1) is 10.5. The standard InChI is InChI=1S/C16H19FN2O3/c1-3-4-9-22-15(20)13-10(2)18-16(21)19-14(13)11-7-5-6-8-12(11)17/h5-8,13-14H,3-4,9H2,1-2H3,(H,19,21). The summed E-state index contributed by atoms with van der Waals surface area (Å²) in [5, 5.41) is 2.56. The fourth-order valence-electron chi connectivity index (χ4n) is 2.42. The minimum absolute atomic E-state index is 0.252. The van der Waals surface area contributed by atoms with Crippen molar-refractivity contribution >= 4 is 17.7 Å². The van der Waals surface area contributed by atoms with E-state index in [1.807, 2.05) is 6.92 Å². The predicted molar refractivity (Wildman–Crippen MR) is 80.1 cm³/mol. The van der Waals surface area contributed by atoms with Crippen LogP contribution < -0.4 is 5.32 Å². The van der Waals surface area contributed by atoms with Gasteiger partial charge < -0.3 is 10.1 Å². The van der Waals surface area contributed by atoms with E-state index < -0.39 is 29.8 Å². The zero-order chi connectivity index (χ0) is 16.1. The first-order valence-corrected chi connectivity index (χ1v) is 7.31. The van der Waals surface area contributed by atoms with Crippen LogP contribution in [0, 0.1) is 11.7 Å². The topological polar surface area (TPSA) is 67.8 Å². The van der Waals surface area contributed by atoms with Crippen LogP contribution in [0.15, 0.2) is 29.3 Å². The molecular formula is C16H19FN2O3. The molecule has 1 N–H and O–H groups in total. The Labute approximate surface area is 128 Å². The number of ether oxygens (including phenoxy) is 1. The lowest BCUT2D eigenvalue weighted by Gasteiger charge is -2.29. The van der Waals surface area contributed by atoms with E-state index in [1.165, 1.54) is 6.07 Å². The van der Waals surface area contributed by atoms with E-state index in [9.17, 15) is 14.0 Å². The second-order valence-electron chi connectivity index (χ2n) is 5.20. The number of rotatable bonds is 5. The number of esters is 1. The molecule has 0 aliphatic carbocycles. The van der Waals surface area contributed by atoms with Gasteiger partial charge in [0.15, 0.2) is 0 Å². The second kappa shape index (κ2) is 7.15. The molecule has 1 aliphatic heterocycles. The van der Waals surface area contributed by atoms with Gasteiger partial charge in [-0.15, -0.1) is 0 Å². The molecule has 6 heteroatoms. The maximum atomic E-state index is 14.0. The number of urea groups is 1. The lowest BCUT2D eigenvalue weighted by atomic mass is 9.88. The van der Waals surface area contributed by atoms with E-state index in [1.54, 1.807) is 25.1 Å². The molecule has 1 aromatic carbocycles. The van der Waals surface area contributed by atoms with Crippen LogP contribution >= 0.6 is 0 Å². The van der Waals surface area contributed by atoms with Crippen LogP contribution in [-0.4, -0.2) is 24.3 Å². The molecular weight excluding hydrogens is 287 g/mol. The summed E-state index contributed by atoms with van der Waals surface area (Å²) in [6, 6.07) is 4.67. The Morgan fingerprint density at radius 1 is 1.41 bits per heavy atom. The molecule has 2 rings (SSSR count). The molecule has 5 nitrogen and oxygen atoms in total. The summed E-state index contributed by atoms with van der Waals surface area (Å²) in [5.41, 5.74) is 0.584. The molecule has 0 aromatic heterocycles. The number of hydrogen-bond donors (Lipinski definition) is 1. The number of carbonyl (C=O) groups is 2. The SMILES string of the molecule is CCCCOC(=O)C1C(C)=NC(=O)NC1c1ccccc1F. The Kier molecular flexibility index (Phi) is 5.25. The summed E-state index contributed by atoms with van der Waals surface area (Å²) in [5.74, 6) is -1.79. The van der Waals surface area contributed by atoms with E-state index in [0.29, 0.717) is 12.3 Å². The van der Waals surface area contributed by atoms with Crippen molar-refractivity contribution in [3.8, 4) is 0 Å². The van der Waals surface area contributed by atoms with Crippen molar-refractivity contribution in [1.82, 2.24) is 5.32 Å². The van der Waals surface area contributed by atoms with Gasteiger partial charge in [0.25, 0.3) is 0 Å². The van der Waals surface area contributed by atoms with Gasteiger partial charge in [0, 0.05) is 11.3 Å². The minimum Gasteiger partial charge on any atom is -0.465 e. The molecule has 1 aliphatic rings. The van der Waals surface area contributed by atoms with Crippen molar-refractivity contribution < 1.29 is 18.7 Å². The Morgan fingerprint density at radius 2 is 2.14 bits per heavy atom. The Bertz CT molecular complexity index is 601. The summed E-state index contributed by atoms with van der Waals surface area (Å²) in [6.07, 6.45) is 1.66. The molecule has 0 saturated heterocycles. The third-order valence-electron chi connectivity index (χ3n) is 3.58. The van der Waals surface area contributed by atoms with Crippen LogP contribution in [-0.2, 0) is 9.53 Å². The lowest BCUT2D eigenvalue weighted by molar-refractivity contribution is -0.147. The molecule has 0 saturated carbocycles. The van der Waals surface area contributed by atoms with Crippen LogP contribution in [0.25, 0.3) is 0 Å². The summed E-state index contributed by atoms with van der Waals surface area (Å²) < 4.78 is 19.3. The van der Waals surface area contributed by atoms with Gasteiger partial charge in [0.1, 0.15) is 11.7 Å². The highest BCUT2D eigenvalue weighted by molar-refractivity contribution is 6.08. The van der Waals surface area contributed by atoms with Crippen LogP contribution in [0.5, 0.6) is 0 Å². The molecule has 0 bridgehead atoms. The van der Waals surface area contributed by atoms with Crippen molar-refractivity contribution in [2.45, 2.75) is 32.7 Å². The van der Waals surface area contributed by atoms with Gasteiger partial charge in [-0.1, -0.05) is 31.5 Å². The average molecular weight is 306 g/mol. The Balaban J connectivity index is 2.29. The Hall–Kier alpha value is -2.24. The van der Waals surface area contributed by atoms with Crippen LogP contribution in [0.4, 0.5) is 9.18 Å². The maximum absolute atomic E-state index is 14.0. The smallest absolute Gasteiger partial charge is 0.341 e. The van der Waals surface area contributed by atoms with Gasteiger partial charge in [0.05, 0.1) is 12.6 Å². The first-order valence-electron chi connectivity index (χ1n) is 7.31. The summed E-state index contributed by atoms with van der Waals surface area (Å²) >= 11 is 0. The molecule has 2 unspecified atom stereocenters. The maximum Gasteiger partial charge on any atom is 0.341 e. The largest absolute Gasteiger partial charge is 0.465 e. The quantitative estimate of drug-likeness (QED) is 0.671. The fourth-order valence-corrected chi connectivity index (χ4v) is 2.42. The van der Waals surface area contributed by atoms with Crippen LogP contribution in [0.1, 0.15) is 38.3 Å². The van der Waals surface area contributed by atoms with Gasteiger partial charge >= 0.3 is 12.0 Å². The monoisotopic (exact) mass is 306 g/mol. The van der Waals surface area contributed by atoms with E-state index in [2.05, 4.69) is 10.3 Å². The molecule has 0 spiro atoms. The molecule has 2 amide bonds. The van der Waals surface area contributed by atoms with E-state index >= 15 is 0 Å². The number of halogens is 1. The van der Waals surface area contributed by atoms with Crippen molar-refractivity contribution in [2.75, 3.05) is 6.61 Å². The summed E-state index contributed by atoms with van der Waals surface area (Å²) in [7, 11) is 0. The highest BCUT2D eigenvalue weighted by atomic mass is 19.1. The number of amides is 2. The van der Waals surface area contributed by atoms with Crippen molar-refractivity contribution in [3.63, 3.8) is 0 Å².